The Bertz CT molecular complexity index is 508. The topological polar surface area (TPSA) is 80.0 Å². The second kappa shape index (κ2) is 6.53. The largest absolute Gasteiger partial charge is 0.508 e. The lowest BCUT2D eigenvalue weighted by Gasteiger charge is -2.05. The second-order valence-corrected chi connectivity index (χ2v) is 4.17. The fourth-order valence-corrected chi connectivity index (χ4v) is 1.66. The number of rotatable bonds is 6. The molecule has 1 heterocycles. The van der Waals surface area contributed by atoms with Gasteiger partial charge in [0.2, 0.25) is 5.91 Å². The molecular formula is C13H16N4O2. The third-order valence-electron chi connectivity index (χ3n) is 2.71. The van der Waals surface area contributed by atoms with Crippen LogP contribution in [0.25, 0.3) is 0 Å². The summed E-state index contributed by atoms with van der Waals surface area (Å²) in [6, 6.07) is 6.97. The van der Waals surface area contributed by atoms with Crippen LogP contribution in [-0.4, -0.2) is 32.3 Å². The molecule has 2 aromatic rings. The van der Waals surface area contributed by atoms with E-state index in [1.54, 1.807) is 23.1 Å². The molecule has 2 rings (SSSR count). The molecule has 0 aliphatic carbocycles. The molecule has 0 unspecified atom stereocenters. The number of amides is 1. The van der Waals surface area contributed by atoms with Crippen LogP contribution in [0.15, 0.2) is 36.9 Å². The maximum absolute atomic E-state index is 11.6. The van der Waals surface area contributed by atoms with Crippen molar-refractivity contribution in [1.82, 2.24) is 20.1 Å². The first kappa shape index (κ1) is 13.1. The van der Waals surface area contributed by atoms with Crippen molar-refractivity contribution in [3.63, 3.8) is 0 Å². The molecule has 6 nitrogen and oxygen atoms in total. The highest BCUT2D eigenvalue weighted by Crippen LogP contribution is 2.09. The van der Waals surface area contributed by atoms with E-state index in [9.17, 15) is 4.79 Å². The number of aryl methyl sites for hydroxylation is 1. The Kier molecular flexibility index (Phi) is 4.49. The van der Waals surface area contributed by atoms with Gasteiger partial charge < -0.3 is 10.4 Å². The van der Waals surface area contributed by atoms with Gasteiger partial charge in [-0.15, -0.1) is 0 Å². The van der Waals surface area contributed by atoms with Crippen molar-refractivity contribution in [3.8, 4) is 5.75 Å². The van der Waals surface area contributed by atoms with E-state index in [2.05, 4.69) is 15.4 Å². The molecule has 19 heavy (non-hydrogen) atoms. The molecule has 1 aromatic heterocycles. The summed E-state index contributed by atoms with van der Waals surface area (Å²) in [5.74, 6) is 0.245. The lowest BCUT2D eigenvalue weighted by molar-refractivity contribution is -0.121. The van der Waals surface area contributed by atoms with E-state index in [4.69, 9.17) is 5.11 Å². The molecule has 1 aromatic carbocycles. The summed E-state index contributed by atoms with van der Waals surface area (Å²) < 4.78 is 1.62. The van der Waals surface area contributed by atoms with Gasteiger partial charge in [0.1, 0.15) is 18.4 Å². The van der Waals surface area contributed by atoms with Gasteiger partial charge in [-0.2, -0.15) is 5.10 Å². The van der Waals surface area contributed by atoms with Gasteiger partial charge in [0.15, 0.2) is 0 Å². The van der Waals surface area contributed by atoms with Crippen molar-refractivity contribution >= 4 is 5.91 Å². The summed E-state index contributed by atoms with van der Waals surface area (Å²) >= 11 is 0. The minimum Gasteiger partial charge on any atom is -0.508 e. The molecule has 0 spiro atoms. The average molecular weight is 260 g/mol. The molecule has 0 aliphatic rings. The quantitative estimate of drug-likeness (QED) is 0.802. The fourth-order valence-electron chi connectivity index (χ4n) is 1.66. The van der Waals surface area contributed by atoms with E-state index in [1.165, 1.54) is 6.33 Å². The van der Waals surface area contributed by atoms with E-state index >= 15 is 0 Å². The molecule has 0 radical (unpaired) electrons. The van der Waals surface area contributed by atoms with Crippen LogP contribution in [0, 0.1) is 0 Å². The molecule has 0 fully saturated rings. The van der Waals surface area contributed by atoms with E-state index in [0.717, 1.165) is 12.0 Å². The molecule has 0 saturated carbocycles. The number of hydrogen-bond donors (Lipinski definition) is 2. The standard InChI is InChI=1S/C13H16N4O2/c18-12-3-1-11(2-4-12)5-7-15-13(19)6-8-17-10-14-9-16-17/h1-4,9-10,18H,5-8H2,(H,15,19). The minimum atomic E-state index is -0.00530. The Balaban J connectivity index is 1.65. The highest BCUT2D eigenvalue weighted by Gasteiger charge is 2.02. The minimum absolute atomic E-state index is 0.00530. The number of hydrogen-bond acceptors (Lipinski definition) is 4. The first-order valence-corrected chi connectivity index (χ1v) is 6.11. The smallest absolute Gasteiger partial charge is 0.221 e. The average Bonchev–Trinajstić information content (AvgIpc) is 2.92. The van der Waals surface area contributed by atoms with Crippen LogP contribution in [0.4, 0.5) is 0 Å². The van der Waals surface area contributed by atoms with Gasteiger partial charge >= 0.3 is 0 Å². The number of nitrogens with one attached hydrogen (secondary N) is 1. The highest BCUT2D eigenvalue weighted by molar-refractivity contribution is 5.75. The van der Waals surface area contributed by atoms with Crippen molar-refractivity contribution in [2.24, 2.45) is 0 Å². The SMILES string of the molecule is O=C(CCn1cncn1)NCCc1ccc(O)cc1. The maximum atomic E-state index is 11.6. The van der Waals surface area contributed by atoms with Gasteiger partial charge in [-0.05, 0) is 24.1 Å². The zero-order valence-corrected chi connectivity index (χ0v) is 10.5. The zero-order valence-electron chi connectivity index (χ0n) is 10.5. The van der Waals surface area contributed by atoms with Gasteiger partial charge in [0, 0.05) is 13.0 Å². The lowest BCUT2D eigenvalue weighted by Crippen LogP contribution is -2.26. The zero-order chi connectivity index (χ0) is 13.5. The number of carbonyl (C=O) groups excluding carboxylic acids is 1. The van der Waals surface area contributed by atoms with E-state index < -0.39 is 0 Å². The molecule has 0 saturated heterocycles. The summed E-state index contributed by atoms with van der Waals surface area (Å²) in [7, 11) is 0. The van der Waals surface area contributed by atoms with Crippen molar-refractivity contribution in [2.45, 2.75) is 19.4 Å². The number of aromatic nitrogens is 3. The Morgan fingerprint density at radius 3 is 2.79 bits per heavy atom. The monoisotopic (exact) mass is 260 g/mol. The van der Waals surface area contributed by atoms with Gasteiger partial charge in [-0.25, -0.2) is 4.98 Å². The highest BCUT2D eigenvalue weighted by atomic mass is 16.3. The number of carbonyl (C=O) groups is 1. The summed E-state index contributed by atoms with van der Waals surface area (Å²) in [5, 5.41) is 15.9. The number of nitrogens with zero attached hydrogens (tertiary/aromatic N) is 3. The van der Waals surface area contributed by atoms with Crippen LogP contribution >= 0.6 is 0 Å². The van der Waals surface area contributed by atoms with Crippen molar-refractivity contribution in [2.75, 3.05) is 6.54 Å². The Hall–Kier alpha value is -2.37. The number of benzene rings is 1. The lowest BCUT2D eigenvalue weighted by atomic mass is 10.1. The normalized spacial score (nSPS) is 10.3. The summed E-state index contributed by atoms with van der Waals surface area (Å²) in [6.07, 6.45) is 4.17. The van der Waals surface area contributed by atoms with Crippen LogP contribution in [-0.2, 0) is 17.8 Å². The summed E-state index contributed by atoms with van der Waals surface area (Å²) in [6.45, 7) is 1.12. The molecule has 2 N–H and O–H groups in total. The number of phenolic OH excluding ortho intramolecular Hbond substituents is 1. The molecular weight excluding hydrogens is 244 g/mol. The molecule has 0 atom stereocenters. The Morgan fingerprint density at radius 2 is 2.11 bits per heavy atom. The van der Waals surface area contributed by atoms with Crippen LogP contribution in [0.3, 0.4) is 0 Å². The number of phenols is 1. The summed E-state index contributed by atoms with van der Waals surface area (Å²) in [5.41, 5.74) is 1.08. The molecule has 100 valence electrons. The third-order valence-corrected chi connectivity index (χ3v) is 2.71. The van der Waals surface area contributed by atoms with E-state index in [0.29, 0.717) is 19.5 Å². The molecule has 0 bridgehead atoms. The van der Waals surface area contributed by atoms with Gasteiger partial charge in [-0.3, -0.25) is 9.48 Å². The molecule has 1 amide bonds. The van der Waals surface area contributed by atoms with Crippen molar-refractivity contribution < 1.29 is 9.90 Å². The number of aromatic hydroxyl groups is 1. The van der Waals surface area contributed by atoms with Crippen molar-refractivity contribution in [3.05, 3.63) is 42.5 Å². The predicted octanol–water partition coefficient (Wildman–Crippen LogP) is 0.733. The van der Waals surface area contributed by atoms with Crippen LogP contribution in [0.5, 0.6) is 5.75 Å². The van der Waals surface area contributed by atoms with Crippen LogP contribution in [0.2, 0.25) is 0 Å². The molecule has 6 heteroatoms. The van der Waals surface area contributed by atoms with E-state index in [1.807, 2.05) is 12.1 Å². The molecule has 0 aliphatic heterocycles. The predicted molar refractivity (Wildman–Crippen MR) is 69.5 cm³/mol. The summed E-state index contributed by atoms with van der Waals surface area (Å²) in [4.78, 5) is 15.4. The first-order valence-electron chi connectivity index (χ1n) is 6.11. The van der Waals surface area contributed by atoms with Gasteiger partial charge in [-0.1, -0.05) is 12.1 Å². The third kappa shape index (κ3) is 4.42. The Morgan fingerprint density at radius 1 is 1.32 bits per heavy atom. The van der Waals surface area contributed by atoms with Crippen LogP contribution in [0.1, 0.15) is 12.0 Å². The van der Waals surface area contributed by atoms with Gasteiger partial charge in [0.05, 0.1) is 6.54 Å². The van der Waals surface area contributed by atoms with Crippen molar-refractivity contribution in [1.29, 1.82) is 0 Å². The second-order valence-electron chi connectivity index (χ2n) is 4.17. The first-order chi connectivity index (χ1) is 9.24. The van der Waals surface area contributed by atoms with E-state index in [-0.39, 0.29) is 11.7 Å². The maximum Gasteiger partial charge on any atom is 0.221 e. The fraction of sp³-hybridized carbons (Fsp3) is 0.308. The Labute approximate surface area is 111 Å². The van der Waals surface area contributed by atoms with Gasteiger partial charge in [0.25, 0.3) is 0 Å². The van der Waals surface area contributed by atoms with Crippen LogP contribution < -0.4 is 5.32 Å².